The third-order valence-corrected chi connectivity index (χ3v) is 6.70. The van der Waals surface area contributed by atoms with Gasteiger partial charge in [0.25, 0.3) is 0 Å². The van der Waals surface area contributed by atoms with Crippen molar-refractivity contribution in [2.24, 2.45) is 5.73 Å². The van der Waals surface area contributed by atoms with E-state index < -0.39 is 14.2 Å². The van der Waals surface area contributed by atoms with Crippen LogP contribution in [0.25, 0.3) is 22.2 Å². The first-order chi connectivity index (χ1) is 14.2. The zero-order valence-electron chi connectivity index (χ0n) is 18.0. The van der Waals surface area contributed by atoms with E-state index in [9.17, 15) is 9.50 Å². The van der Waals surface area contributed by atoms with Crippen LogP contribution in [0.5, 0.6) is 5.75 Å². The molecule has 0 spiro atoms. The van der Waals surface area contributed by atoms with Crippen molar-refractivity contribution in [2.75, 3.05) is 20.3 Å². The van der Waals surface area contributed by atoms with Crippen LogP contribution in [0, 0.1) is 5.82 Å². The molecule has 6 nitrogen and oxygen atoms in total. The molecule has 8 heteroatoms. The third-order valence-electron chi connectivity index (χ3n) is 5.00. The van der Waals surface area contributed by atoms with Crippen LogP contribution in [0.2, 0.25) is 25.7 Å². The first-order valence-corrected chi connectivity index (χ1v) is 13.7. The Hall–Kier alpha value is -2.26. The molecule has 1 atom stereocenters. The Morgan fingerprint density at radius 1 is 1.23 bits per heavy atom. The summed E-state index contributed by atoms with van der Waals surface area (Å²) in [6.45, 7) is 7.81. The molecule has 0 fully saturated rings. The average molecular weight is 432 g/mol. The quantitative estimate of drug-likeness (QED) is 0.393. The van der Waals surface area contributed by atoms with E-state index in [-0.39, 0.29) is 19.1 Å². The number of aliphatic hydroxyl groups excluding tert-OH is 1. The van der Waals surface area contributed by atoms with Gasteiger partial charge >= 0.3 is 0 Å². The second kappa shape index (κ2) is 9.26. The topological polar surface area (TPSA) is 82.5 Å². The summed E-state index contributed by atoms with van der Waals surface area (Å²) < 4.78 is 27.9. The van der Waals surface area contributed by atoms with Crippen LogP contribution in [-0.2, 0) is 11.5 Å². The summed E-state index contributed by atoms with van der Waals surface area (Å²) >= 11 is 0. The maximum absolute atomic E-state index is 14.7. The summed E-state index contributed by atoms with van der Waals surface area (Å²) in [5, 5.41) is 10.8. The Labute approximate surface area is 177 Å². The highest BCUT2D eigenvalue weighted by Crippen LogP contribution is 2.36. The maximum atomic E-state index is 14.7. The summed E-state index contributed by atoms with van der Waals surface area (Å²) in [6.07, 6.45) is 0.941. The van der Waals surface area contributed by atoms with Crippen LogP contribution in [0.3, 0.4) is 0 Å². The van der Waals surface area contributed by atoms with Crippen LogP contribution < -0.4 is 10.5 Å². The molecule has 0 amide bonds. The molecule has 3 rings (SSSR count). The van der Waals surface area contributed by atoms with Crippen molar-refractivity contribution in [3.05, 3.63) is 48.0 Å². The first-order valence-electron chi connectivity index (χ1n) is 10.0. The van der Waals surface area contributed by atoms with Crippen molar-refractivity contribution >= 4 is 19.0 Å². The van der Waals surface area contributed by atoms with E-state index in [0.717, 1.165) is 6.04 Å². The molecule has 0 saturated heterocycles. The number of benzene rings is 1. The zero-order valence-corrected chi connectivity index (χ0v) is 19.0. The van der Waals surface area contributed by atoms with Gasteiger partial charge in [-0.05, 0) is 24.2 Å². The fourth-order valence-corrected chi connectivity index (χ4v) is 4.03. The number of aliphatic hydroxyl groups is 1. The molecule has 2 aromatic heterocycles. The van der Waals surface area contributed by atoms with Crippen molar-refractivity contribution in [2.45, 2.75) is 38.5 Å². The van der Waals surface area contributed by atoms with Crippen LogP contribution >= 0.6 is 0 Å². The van der Waals surface area contributed by atoms with E-state index in [2.05, 4.69) is 24.6 Å². The number of para-hydroxylation sites is 1. The van der Waals surface area contributed by atoms with Crippen LogP contribution in [0.4, 0.5) is 4.39 Å². The van der Waals surface area contributed by atoms with Gasteiger partial charge in [0.15, 0.2) is 0 Å². The van der Waals surface area contributed by atoms with Crippen molar-refractivity contribution in [3.63, 3.8) is 0 Å². The number of nitrogens with zero attached hydrogens (tertiary/aromatic N) is 2. The molecule has 0 aliphatic carbocycles. The predicted octanol–water partition coefficient (Wildman–Crippen LogP) is 4.16. The molecule has 162 valence electrons. The monoisotopic (exact) mass is 431 g/mol. The molecule has 0 aliphatic rings. The van der Waals surface area contributed by atoms with Gasteiger partial charge in [-0.25, -0.2) is 9.37 Å². The fraction of sp³-hybridized carbons (Fsp3) is 0.409. The average Bonchev–Trinajstić information content (AvgIpc) is 3.09. The number of methoxy groups -OCH3 is 1. The van der Waals surface area contributed by atoms with Gasteiger partial charge in [-0.2, -0.15) is 0 Å². The zero-order chi connectivity index (χ0) is 21.9. The number of ether oxygens (including phenoxy) is 2. The standard InChI is InChI=1S/C22H30FN3O3Si/c1-28-20-9-8-18(19(27)12-24)25-21(20)16-13-26(14-29-10-11-30(2,3)4)22-15(16)6-5-7-17(22)23/h5-9,13,19,27H,10-12,14,24H2,1-4H3. The lowest BCUT2D eigenvalue weighted by atomic mass is 10.1. The normalized spacial score (nSPS) is 13.0. The lowest BCUT2D eigenvalue weighted by Gasteiger charge is -2.15. The van der Waals surface area contributed by atoms with Crippen LogP contribution in [0.15, 0.2) is 36.5 Å². The van der Waals surface area contributed by atoms with Gasteiger partial charge in [-0.15, -0.1) is 0 Å². The van der Waals surface area contributed by atoms with E-state index in [1.54, 1.807) is 29.9 Å². The number of rotatable bonds is 9. The third kappa shape index (κ3) is 4.89. The van der Waals surface area contributed by atoms with E-state index in [1.807, 2.05) is 12.3 Å². The lowest BCUT2D eigenvalue weighted by molar-refractivity contribution is 0.0899. The van der Waals surface area contributed by atoms with Gasteiger partial charge in [0.05, 0.1) is 18.3 Å². The van der Waals surface area contributed by atoms with Crippen molar-refractivity contribution in [3.8, 4) is 17.0 Å². The maximum Gasteiger partial charge on any atom is 0.147 e. The summed E-state index contributed by atoms with van der Waals surface area (Å²) in [6, 6.07) is 9.41. The number of hydrogen-bond donors (Lipinski definition) is 2. The van der Waals surface area contributed by atoms with E-state index in [0.29, 0.717) is 40.2 Å². The smallest absolute Gasteiger partial charge is 0.147 e. The molecule has 1 aromatic carbocycles. The highest BCUT2D eigenvalue weighted by atomic mass is 28.3. The largest absolute Gasteiger partial charge is 0.494 e. The minimum Gasteiger partial charge on any atom is -0.494 e. The summed E-state index contributed by atoms with van der Waals surface area (Å²) in [5.41, 5.74) is 7.72. The Balaban J connectivity index is 2.04. The Morgan fingerprint density at radius 3 is 2.67 bits per heavy atom. The molecule has 3 aromatic rings. The molecule has 0 bridgehead atoms. The second-order valence-corrected chi connectivity index (χ2v) is 14.2. The second-order valence-electron chi connectivity index (χ2n) is 8.54. The Bertz CT molecular complexity index is 1020. The number of nitrogens with two attached hydrogens (primary N) is 1. The minimum absolute atomic E-state index is 0.0556. The lowest BCUT2D eigenvalue weighted by Crippen LogP contribution is -2.22. The number of pyridine rings is 1. The van der Waals surface area contributed by atoms with Gasteiger partial charge in [0.1, 0.15) is 30.1 Å². The van der Waals surface area contributed by atoms with Gasteiger partial charge in [0, 0.05) is 38.4 Å². The van der Waals surface area contributed by atoms with Gasteiger partial charge in [-0.3, -0.25) is 0 Å². The Kier molecular flexibility index (Phi) is 6.92. The van der Waals surface area contributed by atoms with Crippen molar-refractivity contribution in [1.29, 1.82) is 0 Å². The number of halogens is 1. The molecule has 30 heavy (non-hydrogen) atoms. The highest BCUT2D eigenvalue weighted by molar-refractivity contribution is 6.76. The fourth-order valence-electron chi connectivity index (χ4n) is 3.27. The van der Waals surface area contributed by atoms with E-state index >= 15 is 0 Å². The number of aromatic nitrogens is 2. The number of fused-ring (bicyclic) bond motifs is 1. The highest BCUT2D eigenvalue weighted by Gasteiger charge is 2.20. The van der Waals surface area contributed by atoms with Crippen molar-refractivity contribution in [1.82, 2.24) is 9.55 Å². The SMILES string of the molecule is COc1ccc(C(O)CN)nc1-c1cn(COCC[Si](C)(C)C)c2c(F)cccc12. The molecule has 0 saturated carbocycles. The molecule has 0 radical (unpaired) electrons. The van der Waals surface area contributed by atoms with E-state index in [4.69, 9.17) is 15.2 Å². The minimum atomic E-state index is -1.21. The number of hydrogen-bond acceptors (Lipinski definition) is 5. The molecule has 0 aliphatic heterocycles. The molecular formula is C22H30FN3O3Si. The summed E-state index contributed by atoms with van der Waals surface area (Å²) in [5.74, 6) is 0.204. The first kappa shape index (κ1) is 22.4. The van der Waals surface area contributed by atoms with Gasteiger partial charge in [0.2, 0.25) is 0 Å². The summed E-state index contributed by atoms with van der Waals surface area (Å²) in [7, 11) is 0.345. The molecular weight excluding hydrogens is 401 g/mol. The molecule has 2 heterocycles. The van der Waals surface area contributed by atoms with Crippen LogP contribution in [0.1, 0.15) is 11.8 Å². The van der Waals surface area contributed by atoms with Crippen molar-refractivity contribution < 1.29 is 19.0 Å². The molecule has 3 N–H and O–H groups in total. The Morgan fingerprint density at radius 2 is 2.00 bits per heavy atom. The van der Waals surface area contributed by atoms with E-state index in [1.165, 1.54) is 6.07 Å². The van der Waals surface area contributed by atoms with Crippen LogP contribution in [-0.4, -0.2) is 43.0 Å². The molecule has 1 unspecified atom stereocenters. The van der Waals surface area contributed by atoms with Gasteiger partial charge in [-0.1, -0.05) is 31.8 Å². The summed E-state index contributed by atoms with van der Waals surface area (Å²) in [4.78, 5) is 4.58. The van der Waals surface area contributed by atoms with Gasteiger partial charge < -0.3 is 24.9 Å². The predicted molar refractivity (Wildman–Crippen MR) is 120 cm³/mol.